The zero-order chi connectivity index (χ0) is 17.5. The first-order valence-electron chi connectivity index (χ1n) is 7.01. The van der Waals surface area contributed by atoms with Crippen molar-refractivity contribution in [3.05, 3.63) is 30.3 Å². The van der Waals surface area contributed by atoms with E-state index in [-0.39, 0.29) is 0 Å². The summed E-state index contributed by atoms with van der Waals surface area (Å²) in [7, 11) is 2.11. The van der Waals surface area contributed by atoms with Crippen LogP contribution in [0.1, 0.15) is 0 Å². The molecule has 2 saturated heterocycles. The Morgan fingerprint density at radius 2 is 1.67 bits per heavy atom. The van der Waals surface area contributed by atoms with Gasteiger partial charge in [-0.2, -0.15) is 5.48 Å². The van der Waals surface area contributed by atoms with Gasteiger partial charge in [-0.3, -0.25) is 14.4 Å². The summed E-state index contributed by atoms with van der Waals surface area (Å²) in [6.07, 6.45) is -1.34. The van der Waals surface area contributed by atoms with Crippen molar-refractivity contribution in [2.45, 2.75) is 11.6 Å². The number of ether oxygens (including phenoxy) is 2. The van der Waals surface area contributed by atoms with Crippen LogP contribution in [0, 0.1) is 5.92 Å². The van der Waals surface area contributed by atoms with E-state index in [4.69, 9.17) is 4.84 Å². The summed E-state index contributed by atoms with van der Waals surface area (Å²) >= 11 is 0. The molecule has 9 heteroatoms. The Morgan fingerprint density at radius 1 is 1.08 bits per heavy atom. The van der Waals surface area contributed by atoms with Crippen LogP contribution in [0.5, 0.6) is 0 Å². The van der Waals surface area contributed by atoms with Gasteiger partial charge in [0.15, 0.2) is 6.10 Å². The minimum atomic E-state index is -2.23. The van der Waals surface area contributed by atoms with Crippen molar-refractivity contribution >= 4 is 29.4 Å². The van der Waals surface area contributed by atoms with Gasteiger partial charge in [-0.1, -0.05) is 18.2 Å². The number of benzene rings is 1. The fraction of sp³-hybridized carbons (Fsp3) is 0.333. The Balaban J connectivity index is 2.08. The highest BCUT2D eigenvalue weighted by Gasteiger charge is 2.71. The monoisotopic (exact) mass is 334 g/mol. The molecule has 1 aromatic carbocycles. The van der Waals surface area contributed by atoms with E-state index in [0.29, 0.717) is 5.69 Å². The van der Waals surface area contributed by atoms with Crippen molar-refractivity contribution in [2.24, 2.45) is 5.92 Å². The fourth-order valence-electron chi connectivity index (χ4n) is 2.97. The molecule has 0 aromatic heterocycles. The van der Waals surface area contributed by atoms with Crippen LogP contribution >= 0.6 is 0 Å². The molecule has 0 bridgehead atoms. The fourth-order valence-corrected chi connectivity index (χ4v) is 2.97. The van der Waals surface area contributed by atoms with E-state index in [9.17, 15) is 19.2 Å². The topological polar surface area (TPSA) is 111 Å². The Labute approximate surface area is 136 Å². The molecule has 0 spiro atoms. The number of methoxy groups -OCH3 is 2. The summed E-state index contributed by atoms with van der Waals surface area (Å²) in [6, 6.07) is 8.14. The number of para-hydroxylation sites is 1. The molecular formula is C15H14N2O7. The first-order valence-corrected chi connectivity index (χ1v) is 7.01. The Morgan fingerprint density at radius 3 is 2.21 bits per heavy atom. The molecule has 2 aliphatic heterocycles. The predicted octanol–water partition coefficient (Wildman–Crippen LogP) is -0.836. The average Bonchev–Trinajstić information content (AvgIpc) is 3.12. The second-order valence-corrected chi connectivity index (χ2v) is 5.26. The molecule has 2 aliphatic rings. The van der Waals surface area contributed by atoms with E-state index in [1.54, 1.807) is 30.3 Å². The van der Waals surface area contributed by atoms with Crippen molar-refractivity contribution in [1.82, 2.24) is 5.48 Å². The first kappa shape index (κ1) is 16.1. The lowest BCUT2D eigenvalue weighted by molar-refractivity contribution is -0.169. The number of hydroxylamine groups is 1. The van der Waals surface area contributed by atoms with E-state index in [2.05, 4.69) is 15.0 Å². The molecule has 1 N–H and O–H groups in total. The molecule has 2 amide bonds. The molecule has 126 valence electrons. The van der Waals surface area contributed by atoms with Crippen molar-refractivity contribution in [3.63, 3.8) is 0 Å². The van der Waals surface area contributed by atoms with Gasteiger partial charge in [0.05, 0.1) is 19.9 Å². The molecule has 2 fully saturated rings. The second-order valence-electron chi connectivity index (χ2n) is 5.26. The normalized spacial score (nSPS) is 24.7. The number of amides is 2. The highest BCUT2D eigenvalue weighted by molar-refractivity contribution is 6.27. The van der Waals surface area contributed by atoms with Crippen LogP contribution in [-0.4, -0.2) is 49.6 Å². The molecule has 0 radical (unpaired) electrons. The van der Waals surface area contributed by atoms with Gasteiger partial charge in [0.2, 0.25) is 5.91 Å². The number of hydrogen-bond donors (Lipinski definition) is 1. The van der Waals surface area contributed by atoms with E-state index in [1.165, 1.54) is 0 Å². The van der Waals surface area contributed by atoms with E-state index in [1.807, 2.05) is 0 Å². The number of carbonyl (C=O) groups is 4. The van der Waals surface area contributed by atoms with Crippen LogP contribution in [0.2, 0.25) is 0 Å². The largest absolute Gasteiger partial charge is 0.467 e. The predicted molar refractivity (Wildman–Crippen MR) is 77.2 cm³/mol. The minimum absolute atomic E-state index is 0.314. The lowest BCUT2D eigenvalue weighted by Crippen LogP contribution is -2.61. The maximum atomic E-state index is 12.8. The summed E-state index contributed by atoms with van der Waals surface area (Å²) < 4.78 is 9.26. The van der Waals surface area contributed by atoms with Gasteiger partial charge < -0.3 is 9.47 Å². The number of esters is 2. The number of nitrogens with zero attached hydrogens (tertiary/aromatic N) is 1. The van der Waals surface area contributed by atoms with Gasteiger partial charge >= 0.3 is 11.9 Å². The highest BCUT2D eigenvalue weighted by atomic mass is 16.7. The van der Waals surface area contributed by atoms with Crippen molar-refractivity contribution in [3.8, 4) is 0 Å². The average molecular weight is 334 g/mol. The first-order chi connectivity index (χ1) is 11.5. The van der Waals surface area contributed by atoms with Gasteiger partial charge in [-0.15, -0.1) is 0 Å². The number of nitrogens with one attached hydrogen (secondary N) is 1. The van der Waals surface area contributed by atoms with Crippen LogP contribution < -0.4 is 10.4 Å². The maximum Gasteiger partial charge on any atom is 0.341 e. The van der Waals surface area contributed by atoms with E-state index in [0.717, 1.165) is 19.1 Å². The number of imide groups is 1. The third kappa shape index (κ3) is 1.95. The standard InChI is InChI=1S/C15H14N2O7/c1-22-13(20)15(14(21)23-2)9-10(24-16-15)12(19)17(11(9)18)8-6-4-3-5-7-8/h3-7,9-10,16H,1-2H3/t9-,10-/m1/s1. The van der Waals surface area contributed by atoms with Gasteiger partial charge in [-0.05, 0) is 12.1 Å². The zero-order valence-corrected chi connectivity index (χ0v) is 12.8. The summed E-state index contributed by atoms with van der Waals surface area (Å²) in [5.74, 6) is -5.00. The number of hydrogen-bond acceptors (Lipinski definition) is 8. The molecule has 9 nitrogen and oxygen atoms in total. The molecule has 0 unspecified atom stereocenters. The summed E-state index contributed by atoms with van der Waals surface area (Å²) in [6.45, 7) is 0. The number of fused-ring (bicyclic) bond motifs is 1. The molecule has 3 rings (SSSR count). The summed E-state index contributed by atoms with van der Waals surface area (Å²) in [4.78, 5) is 55.8. The van der Waals surface area contributed by atoms with Crippen molar-refractivity contribution < 1.29 is 33.5 Å². The number of anilines is 1. The maximum absolute atomic E-state index is 12.8. The van der Waals surface area contributed by atoms with Crippen molar-refractivity contribution in [2.75, 3.05) is 19.1 Å². The number of rotatable bonds is 3. The SMILES string of the molecule is COC(=O)C1(C(=O)OC)NO[C@H]2C(=O)N(c3ccccc3)C(=O)[C@@H]21. The molecule has 2 atom stereocenters. The highest BCUT2D eigenvalue weighted by Crippen LogP contribution is 2.40. The third-order valence-corrected chi connectivity index (χ3v) is 4.10. The summed E-state index contributed by atoms with van der Waals surface area (Å²) in [5.41, 5.74) is 0.271. The Kier molecular flexibility index (Phi) is 3.82. The molecule has 24 heavy (non-hydrogen) atoms. The lowest BCUT2D eigenvalue weighted by Gasteiger charge is -2.26. The Bertz CT molecular complexity index is 702. The van der Waals surface area contributed by atoms with Crippen molar-refractivity contribution in [1.29, 1.82) is 0 Å². The molecule has 2 heterocycles. The van der Waals surface area contributed by atoms with Gasteiger partial charge in [0, 0.05) is 0 Å². The van der Waals surface area contributed by atoms with E-state index < -0.39 is 41.3 Å². The molecular weight excluding hydrogens is 320 g/mol. The van der Waals surface area contributed by atoms with Crippen LogP contribution in [0.15, 0.2) is 30.3 Å². The molecule has 0 aliphatic carbocycles. The van der Waals surface area contributed by atoms with Crippen LogP contribution in [-0.2, 0) is 33.5 Å². The van der Waals surface area contributed by atoms with Gasteiger partial charge in [0.1, 0.15) is 5.92 Å². The Hall–Kier alpha value is -2.78. The zero-order valence-electron chi connectivity index (χ0n) is 12.8. The quantitative estimate of drug-likeness (QED) is 0.433. The second kappa shape index (κ2) is 5.69. The van der Waals surface area contributed by atoms with Crippen LogP contribution in [0.3, 0.4) is 0 Å². The van der Waals surface area contributed by atoms with Gasteiger partial charge in [0.25, 0.3) is 11.4 Å². The minimum Gasteiger partial charge on any atom is -0.467 e. The smallest absolute Gasteiger partial charge is 0.341 e. The van der Waals surface area contributed by atoms with E-state index >= 15 is 0 Å². The lowest BCUT2D eigenvalue weighted by atomic mass is 9.82. The summed E-state index contributed by atoms with van der Waals surface area (Å²) in [5, 5.41) is 0. The molecule has 1 aromatic rings. The van der Waals surface area contributed by atoms with Crippen LogP contribution in [0.25, 0.3) is 0 Å². The number of carbonyl (C=O) groups excluding carboxylic acids is 4. The third-order valence-electron chi connectivity index (χ3n) is 4.10. The van der Waals surface area contributed by atoms with Crippen LogP contribution in [0.4, 0.5) is 5.69 Å². The molecule has 0 saturated carbocycles. The van der Waals surface area contributed by atoms with Gasteiger partial charge in [-0.25, -0.2) is 14.5 Å².